The number of benzene rings is 1. The summed E-state index contributed by atoms with van der Waals surface area (Å²) in [5, 5.41) is 14.1. The van der Waals surface area contributed by atoms with E-state index in [1.54, 1.807) is 12.1 Å². The van der Waals surface area contributed by atoms with Crippen LogP contribution in [0.3, 0.4) is 0 Å². The predicted molar refractivity (Wildman–Crippen MR) is 79.6 cm³/mol. The van der Waals surface area contributed by atoms with Crippen molar-refractivity contribution < 1.29 is 4.92 Å². The van der Waals surface area contributed by atoms with Gasteiger partial charge in [-0.1, -0.05) is 15.9 Å². The van der Waals surface area contributed by atoms with Crippen molar-refractivity contribution in [2.24, 2.45) is 0 Å². The van der Waals surface area contributed by atoms with Crippen molar-refractivity contribution >= 4 is 27.3 Å². The van der Waals surface area contributed by atoms with Crippen molar-refractivity contribution in [3.63, 3.8) is 0 Å². The van der Waals surface area contributed by atoms with Crippen LogP contribution < -0.4 is 5.32 Å². The van der Waals surface area contributed by atoms with Gasteiger partial charge in [-0.3, -0.25) is 10.1 Å². The lowest BCUT2D eigenvalue weighted by Gasteiger charge is -2.14. The first-order valence-electron chi connectivity index (χ1n) is 6.57. The van der Waals surface area contributed by atoms with Crippen LogP contribution in [0, 0.1) is 10.1 Å². The van der Waals surface area contributed by atoms with E-state index in [0.29, 0.717) is 5.69 Å². The Balaban J connectivity index is 1.84. The molecule has 1 aromatic carbocycles. The van der Waals surface area contributed by atoms with Gasteiger partial charge >= 0.3 is 0 Å². The monoisotopic (exact) mass is 327 g/mol. The largest absolute Gasteiger partial charge is 0.379 e. The molecule has 5 nitrogen and oxygen atoms in total. The Kier molecular flexibility index (Phi) is 5.15. The number of hydrogen-bond acceptors (Lipinski definition) is 4. The molecule has 0 unspecified atom stereocenters. The molecule has 0 radical (unpaired) electrons. The fourth-order valence-electron chi connectivity index (χ4n) is 2.34. The maximum atomic E-state index is 10.9. The maximum Gasteiger partial charge on any atom is 0.292 e. The topological polar surface area (TPSA) is 58.4 Å². The number of likely N-dealkylation sites (tertiary alicyclic amines) is 1. The van der Waals surface area contributed by atoms with Crippen molar-refractivity contribution in [1.29, 1.82) is 0 Å². The van der Waals surface area contributed by atoms with Gasteiger partial charge in [-0.25, -0.2) is 0 Å². The van der Waals surface area contributed by atoms with E-state index >= 15 is 0 Å². The van der Waals surface area contributed by atoms with Crippen molar-refractivity contribution in [2.45, 2.75) is 19.3 Å². The van der Waals surface area contributed by atoms with Gasteiger partial charge in [0.05, 0.1) is 4.92 Å². The number of halogens is 1. The van der Waals surface area contributed by atoms with E-state index in [4.69, 9.17) is 0 Å². The first kappa shape index (κ1) is 14.3. The molecular weight excluding hydrogens is 310 g/mol. The molecule has 0 spiro atoms. The van der Waals surface area contributed by atoms with E-state index in [0.717, 1.165) is 24.0 Å². The van der Waals surface area contributed by atoms with Crippen LogP contribution in [0.15, 0.2) is 22.7 Å². The number of hydrogen-bond donors (Lipinski definition) is 1. The summed E-state index contributed by atoms with van der Waals surface area (Å²) in [5.41, 5.74) is 0.713. The molecule has 2 rings (SSSR count). The third-order valence-corrected chi connectivity index (χ3v) is 3.81. The minimum absolute atomic E-state index is 0.129. The SMILES string of the molecule is O=[N+]([O-])c1ccc(Br)cc1NCCCN1CCCC1. The van der Waals surface area contributed by atoms with Gasteiger partial charge in [-0.15, -0.1) is 0 Å². The zero-order valence-corrected chi connectivity index (χ0v) is 12.4. The van der Waals surface area contributed by atoms with E-state index < -0.39 is 0 Å². The smallest absolute Gasteiger partial charge is 0.292 e. The fourth-order valence-corrected chi connectivity index (χ4v) is 2.70. The first-order chi connectivity index (χ1) is 9.16. The molecule has 19 heavy (non-hydrogen) atoms. The van der Waals surface area contributed by atoms with Gasteiger partial charge < -0.3 is 10.2 Å². The third-order valence-electron chi connectivity index (χ3n) is 3.32. The second kappa shape index (κ2) is 6.86. The van der Waals surface area contributed by atoms with Gasteiger partial charge in [0.15, 0.2) is 0 Å². The van der Waals surface area contributed by atoms with Gasteiger partial charge in [0, 0.05) is 17.1 Å². The second-order valence-electron chi connectivity index (χ2n) is 4.75. The number of anilines is 1. The number of rotatable bonds is 6. The summed E-state index contributed by atoms with van der Waals surface area (Å²) in [4.78, 5) is 13.0. The van der Waals surface area contributed by atoms with Crippen LogP contribution in [0.2, 0.25) is 0 Å². The quantitative estimate of drug-likeness (QED) is 0.495. The zero-order valence-electron chi connectivity index (χ0n) is 10.8. The summed E-state index contributed by atoms with van der Waals surface area (Å²) in [6.45, 7) is 4.21. The molecule has 1 N–H and O–H groups in total. The summed E-state index contributed by atoms with van der Waals surface area (Å²) in [7, 11) is 0. The minimum atomic E-state index is -0.352. The molecule has 1 aromatic rings. The summed E-state index contributed by atoms with van der Waals surface area (Å²) in [6.07, 6.45) is 3.60. The number of nitrogens with one attached hydrogen (secondary N) is 1. The Labute approximate surface area is 121 Å². The molecule has 0 aliphatic carbocycles. The van der Waals surface area contributed by atoms with Crippen LogP contribution >= 0.6 is 15.9 Å². The molecule has 1 aliphatic rings. The molecule has 0 atom stereocenters. The molecule has 6 heteroatoms. The van der Waals surface area contributed by atoms with E-state index in [2.05, 4.69) is 26.1 Å². The Morgan fingerprint density at radius 2 is 2.11 bits per heavy atom. The lowest BCUT2D eigenvalue weighted by atomic mass is 10.2. The van der Waals surface area contributed by atoms with E-state index in [-0.39, 0.29) is 10.6 Å². The molecule has 0 aromatic heterocycles. The van der Waals surface area contributed by atoms with Gasteiger partial charge in [-0.05, 0) is 51.0 Å². The van der Waals surface area contributed by atoms with Crippen LogP contribution in [0.5, 0.6) is 0 Å². The van der Waals surface area contributed by atoms with Gasteiger partial charge in [0.25, 0.3) is 5.69 Å². The highest BCUT2D eigenvalue weighted by Crippen LogP contribution is 2.27. The van der Waals surface area contributed by atoms with E-state index in [1.807, 2.05) is 0 Å². The zero-order chi connectivity index (χ0) is 13.7. The van der Waals surface area contributed by atoms with Crippen LogP contribution in [0.4, 0.5) is 11.4 Å². The third kappa shape index (κ3) is 4.18. The Morgan fingerprint density at radius 1 is 1.37 bits per heavy atom. The average molecular weight is 328 g/mol. The number of nitrogens with zero attached hydrogens (tertiary/aromatic N) is 2. The highest BCUT2D eigenvalue weighted by Gasteiger charge is 2.14. The van der Waals surface area contributed by atoms with E-state index in [9.17, 15) is 10.1 Å². The number of nitro groups is 1. The van der Waals surface area contributed by atoms with Crippen molar-refractivity contribution in [1.82, 2.24) is 4.90 Å². The Hall–Kier alpha value is -1.14. The Bertz CT molecular complexity index is 448. The van der Waals surface area contributed by atoms with E-state index in [1.165, 1.54) is 32.0 Å². The van der Waals surface area contributed by atoms with Crippen molar-refractivity contribution in [3.8, 4) is 0 Å². The molecule has 1 heterocycles. The van der Waals surface area contributed by atoms with Crippen molar-refractivity contribution in [2.75, 3.05) is 31.5 Å². The highest BCUT2D eigenvalue weighted by molar-refractivity contribution is 9.10. The molecule has 0 bridgehead atoms. The molecule has 0 amide bonds. The fraction of sp³-hybridized carbons (Fsp3) is 0.538. The molecule has 1 fully saturated rings. The number of nitro benzene ring substituents is 1. The highest BCUT2D eigenvalue weighted by atomic mass is 79.9. The average Bonchev–Trinajstić information content (AvgIpc) is 2.87. The van der Waals surface area contributed by atoms with Gasteiger partial charge in [0.1, 0.15) is 5.69 Å². The summed E-state index contributed by atoms with van der Waals surface area (Å²) < 4.78 is 0.847. The summed E-state index contributed by atoms with van der Waals surface area (Å²) in [5.74, 6) is 0. The summed E-state index contributed by atoms with van der Waals surface area (Å²) >= 11 is 3.34. The lowest BCUT2D eigenvalue weighted by molar-refractivity contribution is -0.384. The lowest BCUT2D eigenvalue weighted by Crippen LogP contribution is -2.22. The maximum absolute atomic E-state index is 10.9. The van der Waals surface area contributed by atoms with Crippen LogP contribution in [-0.2, 0) is 0 Å². The molecule has 104 valence electrons. The second-order valence-corrected chi connectivity index (χ2v) is 5.66. The van der Waals surface area contributed by atoms with Crippen molar-refractivity contribution in [3.05, 3.63) is 32.8 Å². The molecular formula is C13H18BrN3O2. The normalized spacial score (nSPS) is 15.6. The molecule has 1 saturated heterocycles. The summed E-state index contributed by atoms with van der Waals surface area (Å²) in [6, 6.07) is 4.97. The van der Waals surface area contributed by atoms with Crippen LogP contribution in [0.25, 0.3) is 0 Å². The van der Waals surface area contributed by atoms with Crippen LogP contribution in [-0.4, -0.2) is 36.0 Å². The Morgan fingerprint density at radius 3 is 2.79 bits per heavy atom. The first-order valence-corrected chi connectivity index (χ1v) is 7.36. The molecule has 1 aliphatic heterocycles. The molecule has 0 saturated carbocycles. The predicted octanol–water partition coefficient (Wildman–Crippen LogP) is 3.26. The van der Waals surface area contributed by atoms with Gasteiger partial charge in [0.2, 0.25) is 0 Å². The standard InChI is InChI=1S/C13H18BrN3O2/c14-11-4-5-13(17(18)19)12(10-11)15-6-3-9-16-7-1-2-8-16/h4-5,10,15H,1-3,6-9H2. The van der Waals surface area contributed by atoms with Gasteiger partial charge in [-0.2, -0.15) is 0 Å². The van der Waals surface area contributed by atoms with Crippen LogP contribution in [0.1, 0.15) is 19.3 Å². The minimum Gasteiger partial charge on any atom is -0.379 e.